The van der Waals surface area contributed by atoms with Crippen LogP contribution in [0.1, 0.15) is 17.7 Å². The smallest absolute Gasteiger partial charge is 0.336 e. The van der Waals surface area contributed by atoms with E-state index >= 15 is 0 Å². The summed E-state index contributed by atoms with van der Waals surface area (Å²) in [6.07, 6.45) is 5.32. The minimum absolute atomic E-state index is 0.397. The molecule has 1 aromatic heterocycles. The zero-order valence-corrected chi connectivity index (χ0v) is 11.7. The van der Waals surface area contributed by atoms with Crippen LogP contribution >= 0.6 is 0 Å². The van der Waals surface area contributed by atoms with E-state index in [9.17, 15) is 4.79 Å². The van der Waals surface area contributed by atoms with Gasteiger partial charge in [-0.05, 0) is 30.5 Å². The number of carbonyl (C=O) groups is 1. The fourth-order valence-corrected chi connectivity index (χ4v) is 1.90. The number of carbonyl (C=O) groups excluding carboxylic acids is 1. The maximum absolute atomic E-state index is 10.4. The van der Waals surface area contributed by atoms with Crippen molar-refractivity contribution >= 4 is 11.7 Å². The predicted octanol–water partition coefficient (Wildman–Crippen LogP) is 1.05. The van der Waals surface area contributed by atoms with Crippen molar-refractivity contribution in [1.82, 2.24) is 15.0 Å². The van der Waals surface area contributed by atoms with Crippen LogP contribution in [0.2, 0.25) is 0 Å². The molecule has 0 bridgehead atoms. The number of nitrogen functional groups attached to an aromatic ring is 1. The van der Waals surface area contributed by atoms with Crippen molar-refractivity contribution in [2.75, 3.05) is 12.3 Å². The number of aryl methyl sites for hydroxylation is 1. The Morgan fingerprint density at radius 1 is 1.33 bits per heavy atom. The fourth-order valence-electron chi connectivity index (χ4n) is 1.90. The Hall–Kier alpha value is -2.54. The Bertz CT molecular complexity index is 579. The van der Waals surface area contributed by atoms with Crippen molar-refractivity contribution in [3.63, 3.8) is 0 Å². The molecule has 1 heterocycles. The highest BCUT2D eigenvalue weighted by Crippen LogP contribution is 2.08. The molecule has 1 aromatic carbocycles. The van der Waals surface area contributed by atoms with E-state index in [2.05, 4.69) is 10.5 Å². The van der Waals surface area contributed by atoms with Crippen molar-refractivity contribution in [3.8, 4) is 0 Å². The molecule has 21 heavy (non-hydrogen) atoms. The number of aromatic nitrogens is 2. The number of amides is 2. The van der Waals surface area contributed by atoms with E-state index in [1.165, 1.54) is 5.56 Å². The number of anilines is 1. The highest BCUT2D eigenvalue weighted by atomic mass is 16.7. The SMILES string of the molecule is NC(=O)NOCCCc1cn(Cc2ccc(N)cc2)cn1. The van der Waals surface area contributed by atoms with E-state index in [0.717, 1.165) is 30.8 Å². The van der Waals surface area contributed by atoms with E-state index in [1.807, 2.05) is 35.0 Å². The topological polar surface area (TPSA) is 108 Å². The second-order valence-electron chi connectivity index (χ2n) is 4.70. The molecule has 0 saturated carbocycles. The van der Waals surface area contributed by atoms with Crippen LogP contribution in [0, 0.1) is 0 Å². The molecule has 0 aliphatic heterocycles. The summed E-state index contributed by atoms with van der Waals surface area (Å²) >= 11 is 0. The molecule has 7 heteroatoms. The predicted molar refractivity (Wildman–Crippen MR) is 79.2 cm³/mol. The number of nitrogens with one attached hydrogen (secondary N) is 1. The van der Waals surface area contributed by atoms with Crippen LogP contribution in [0.25, 0.3) is 0 Å². The van der Waals surface area contributed by atoms with Gasteiger partial charge in [-0.1, -0.05) is 12.1 Å². The van der Waals surface area contributed by atoms with Gasteiger partial charge in [-0.3, -0.25) is 4.84 Å². The number of primary amides is 1. The van der Waals surface area contributed by atoms with E-state index in [1.54, 1.807) is 6.33 Å². The first-order chi connectivity index (χ1) is 10.1. The summed E-state index contributed by atoms with van der Waals surface area (Å²) in [6, 6.07) is 7.08. The van der Waals surface area contributed by atoms with Crippen LogP contribution in [0.5, 0.6) is 0 Å². The van der Waals surface area contributed by atoms with Crippen molar-refractivity contribution in [3.05, 3.63) is 48.0 Å². The molecule has 0 spiro atoms. The molecule has 5 N–H and O–H groups in total. The monoisotopic (exact) mass is 289 g/mol. The first-order valence-corrected chi connectivity index (χ1v) is 6.66. The number of hydrogen-bond donors (Lipinski definition) is 3. The minimum atomic E-state index is -0.692. The van der Waals surface area contributed by atoms with Crippen LogP contribution in [-0.2, 0) is 17.8 Å². The van der Waals surface area contributed by atoms with E-state index in [0.29, 0.717) is 6.61 Å². The summed E-state index contributed by atoms with van der Waals surface area (Å²) in [5, 5.41) is 0. The van der Waals surface area contributed by atoms with Crippen LogP contribution < -0.4 is 16.9 Å². The van der Waals surface area contributed by atoms with E-state index < -0.39 is 6.03 Å². The molecule has 0 unspecified atom stereocenters. The molecule has 0 aliphatic carbocycles. The summed E-state index contributed by atoms with van der Waals surface area (Å²) < 4.78 is 2.02. The average Bonchev–Trinajstić information content (AvgIpc) is 2.88. The highest BCUT2D eigenvalue weighted by Gasteiger charge is 2.01. The maximum atomic E-state index is 10.4. The summed E-state index contributed by atoms with van der Waals surface area (Å²) in [4.78, 5) is 19.6. The number of hydrogen-bond acceptors (Lipinski definition) is 4. The molecular weight excluding hydrogens is 270 g/mol. The van der Waals surface area contributed by atoms with Crippen molar-refractivity contribution in [2.45, 2.75) is 19.4 Å². The molecule has 2 amide bonds. The van der Waals surface area contributed by atoms with E-state index in [-0.39, 0.29) is 0 Å². The number of hydroxylamine groups is 1. The van der Waals surface area contributed by atoms with Gasteiger partial charge < -0.3 is 16.0 Å². The third kappa shape index (κ3) is 5.15. The lowest BCUT2D eigenvalue weighted by Crippen LogP contribution is -2.29. The molecule has 0 radical (unpaired) electrons. The normalized spacial score (nSPS) is 10.5. The quantitative estimate of drug-likeness (QED) is 0.402. The van der Waals surface area contributed by atoms with Crippen molar-refractivity contribution < 1.29 is 9.63 Å². The Morgan fingerprint density at radius 3 is 2.81 bits per heavy atom. The molecule has 2 aromatic rings. The van der Waals surface area contributed by atoms with Gasteiger partial charge in [0.15, 0.2) is 0 Å². The zero-order valence-electron chi connectivity index (χ0n) is 11.7. The lowest BCUT2D eigenvalue weighted by Gasteiger charge is -2.03. The number of nitrogens with two attached hydrogens (primary N) is 2. The Morgan fingerprint density at radius 2 is 2.10 bits per heavy atom. The molecule has 2 rings (SSSR count). The first kappa shape index (κ1) is 14.9. The second kappa shape index (κ2) is 7.30. The van der Waals surface area contributed by atoms with Gasteiger partial charge in [0.1, 0.15) is 0 Å². The number of imidazole rings is 1. The summed E-state index contributed by atoms with van der Waals surface area (Å²) in [5.41, 5.74) is 15.5. The largest absolute Gasteiger partial charge is 0.399 e. The van der Waals surface area contributed by atoms with Crippen LogP contribution in [0.15, 0.2) is 36.8 Å². The second-order valence-corrected chi connectivity index (χ2v) is 4.70. The maximum Gasteiger partial charge on any atom is 0.336 e. The summed E-state index contributed by atoms with van der Waals surface area (Å²) in [5.74, 6) is 0. The van der Waals surface area contributed by atoms with Crippen molar-refractivity contribution in [2.24, 2.45) is 5.73 Å². The number of urea groups is 1. The Labute approximate surface area is 122 Å². The summed E-state index contributed by atoms with van der Waals surface area (Å²) in [6.45, 7) is 1.15. The molecule has 112 valence electrons. The minimum Gasteiger partial charge on any atom is -0.399 e. The Balaban J connectivity index is 1.76. The zero-order chi connectivity index (χ0) is 15.1. The fraction of sp³-hybridized carbons (Fsp3) is 0.286. The van der Waals surface area contributed by atoms with Gasteiger partial charge in [-0.25, -0.2) is 15.3 Å². The third-order valence-corrected chi connectivity index (χ3v) is 2.88. The van der Waals surface area contributed by atoms with Gasteiger partial charge >= 0.3 is 6.03 Å². The van der Waals surface area contributed by atoms with Gasteiger partial charge in [0.05, 0.1) is 18.6 Å². The standard InChI is InChI=1S/C14H19N5O2/c15-12-5-3-11(4-6-12)8-19-9-13(17-10-19)2-1-7-21-18-14(16)20/h3-6,9-10H,1-2,7-8,15H2,(H3,16,18,20). The average molecular weight is 289 g/mol. The lowest BCUT2D eigenvalue weighted by molar-refractivity contribution is 0.0628. The number of benzene rings is 1. The van der Waals surface area contributed by atoms with Crippen LogP contribution in [-0.4, -0.2) is 22.2 Å². The van der Waals surface area contributed by atoms with E-state index in [4.69, 9.17) is 16.3 Å². The van der Waals surface area contributed by atoms with Crippen LogP contribution in [0.3, 0.4) is 0 Å². The van der Waals surface area contributed by atoms with Gasteiger partial charge in [0.2, 0.25) is 0 Å². The van der Waals surface area contributed by atoms with Gasteiger partial charge in [0, 0.05) is 18.4 Å². The number of nitrogens with zero attached hydrogens (tertiary/aromatic N) is 2. The molecule has 0 saturated heterocycles. The molecule has 0 atom stereocenters. The highest BCUT2D eigenvalue weighted by molar-refractivity contribution is 5.70. The molecule has 0 fully saturated rings. The van der Waals surface area contributed by atoms with Crippen LogP contribution in [0.4, 0.5) is 10.5 Å². The van der Waals surface area contributed by atoms with Gasteiger partial charge in [0.25, 0.3) is 0 Å². The van der Waals surface area contributed by atoms with Gasteiger partial charge in [-0.15, -0.1) is 0 Å². The molecule has 0 aliphatic rings. The first-order valence-electron chi connectivity index (χ1n) is 6.66. The molecule has 7 nitrogen and oxygen atoms in total. The molecular formula is C14H19N5O2. The Kier molecular flexibility index (Phi) is 5.16. The van der Waals surface area contributed by atoms with Crippen molar-refractivity contribution in [1.29, 1.82) is 0 Å². The number of rotatable bonds is 7. The summed E-state index contributed by atoms with van der Waals surface area (Å²) in [7, 11) is 0. The third-order valence-electron chi connectivity index (χ3n) is 2.88. The van der Waals surface area contributed by atoms with Gasteiger partial charge in [-0.2, -0.15) is 0 Å². The lowest BCUT2D eigenvalue weighted by atomic mass is 10.2.